The summed E-state index contributed by atoms with van der Waals surface area (Å²) in [5.41, 5.74) is -0.262. The Labute approximate surface area is 122 Å². The van der Waals surface area contributed by atoms with Crippen LogP contribution in [0.5, 0.6) is 0 Å². The maximum absolute atomic E-state index is 12.6. The molecule has 0 aliphatic rings. The largest absolute Gasteiger partial charge is 0.481 e. The zero-order valence-electron chi connectivity index (χ0n) is 11.6. The van der Waals surface area contributed by atoms with Crippen LogP contribution in [-0.4, -0.2) is 41.8 Å². The second-order valence-electron chi connectivity index (χ2n) is 4.32. The first-order chi connectivity index (χ1) is 9.71. The number of benzene rings is 1. The van der Waals surface area contributed by atoms with E-state index in [-0.39, 0.29) is 30.0 Å². The Morgan fingerprint density at radius 2 is 2.05 bits per heavy atom. The number of nitro benzene ring substituents is 1. The molecule has 8 nitrogen and oxygen atoms in total. The topological polar surface area (TPSA) is 118 Å². The Bertz CT molecular complexity index is 656. The number of aliphatic carboxylic acids is 1. The normalized spacial score (nSPS) is 11.6. The molecule has 0 unspecified atom stereocenters. The summed E-state index contributed by atoms with van der Waals surface area (Å²) in [5, 5.41) is 19.7. The fraction of sp³-hybridized carbons (Fsp3) is 0.417. The van der Waals surface area contributed by atoms with Crippen molar-refractivity contribution in [1.82, 2.24) is 4.31 Å². The molecular formula is C12H16N2O6S. The van der Waals surface area contributed by atoms with Crippen molar-refractivity contribution in [1.29, 1.82) is 0 Å². The molecule has 21 heavy (non-hydrogen) atoms. The molecule has 116 valence electrons. The van der Waals surface area contributed by atoms with E-state index in [1.807, 2.05) is 0 Å². The molecule has 0 amide bonds. The third-order valence-corrected chi connectivity index (χ3v) is 5.08. The molecule has 1 N–H and O–H groups in total. The van der Waals surface area contributed by atoms with Crippen LogP contribution in [0.2, 0.25) is 0 Å². The van der Waals surface area contributed by atoms with Crippen LogP contribution in [0.3, 0.4) is 0 Å². The van der Waals surface area contributed by atoms with Crippen LogP contribution in [0, 0.1) is 17.0 Å². The average Bonchev–Trinajstić information content (AvgIpc) is 2.37. The third kappa shape index (κ3) is 3.76. The predicted molar refractivity (Wildman–Crippen MR) is 74.5 cm³/mol. The van der Waals surface area contributed by atoms with E-state index in [4.69, 9.17) is 5.11 Å². The van der Waals surface area contributed by atoms with Gasteiger partial charge in [0.15, 0.2) is 4.90 Å². The van der Waals surface area contributed by atoms with Gasteiger partial charge in [0.1, 0.15) is 0 Å². The zero-order chi connectivity index (χ0) is 16.2. The predicted octanol–water partition coefficient (Wildman–Crippen LogP) is 1.39. The van der Waals surface area contributed by atoms with Crippen LogP contribution >= 0.6 is 0 Å². The van der Waals surface area contributed by atoms with Crippen molar-refractivity contribution in [3.05, 3.63) is 33.9 Å². The average molecular weight is 316 g/mol. The molecule has 0 radical (unpaired) electrons. The minimum absolute atomic E-state index is 0.0289. The highest BCUT2D eigenvalue weighted by Gasteiger charge is 2.32. The van der Waals surface area contributed by atoms with Crippen molar-refractivity contribution >= 4 is 21.7 Å². The van der Waals surface area contributed by atoms with Gasteiger partial charge < -0.3 is 5.11 Å². The number of nitrogens with zero attached hydrogens (tertiary/aromatic N) is 2. The molecule has 0 aliphatic carbocycles. The summed E-state index contributed by atoms with van der Waals surface area (Å²) in [6.07, 6.45) is -0.368. The lowest BCUT2D eigenvalue weighted by Crippen LogP contribution is -2.33. The van der Waals surface area contributed by atoms with Crippen LogP contribution in [0.15, 0.2) is 23.1 Å². The Balaban J connectivity index is 3.35. The van der Waals surface area contributed by atoms with Gasteiger partial charge in [-0.3, -0.25) is 14.9 Å². The molecule has 0 heterocycles. The minimum Gasteiger partial charge on any atom is -0.481 e. The van der Waals surface area contributed by atoms with E-state index >= 15 is 0 Å². The summed E-state index contributed by atoms with van der Waals surface area (Å²) in [7, 11) is -4.12. The van der Waals surface area contributed by atoms with Gasteiger partial charge in [0.2, 0.25) is 10.0 Å². The zero-order valence-corrected chi connectivity index (χ0v) is 12.5. The Hall–Kier alpha value is -2.00. The first-order valence-electron chi connectivity index (χ1n) is 6.17. The van der Waals surface area contributed by atoms with Gasteiger partial charge in [0, 0.05) is 19.2 Å². The van der Waals surface area contributed by atoms with Crippen molar-refractivity contribution in [2.75, 3.05) is 13.1 Å². The van der Waals surface area contributed by atoms with Crippen molar-refractivity contribution in [3.63, 3.8) is 0 Å². The van der Waals surface area contributed by atoms with Crippen LogP contribution in [0.4, 0.5) is 5.69 Å². The van der Waals surface area contributed by atoms with Gasteiger partial charge in [-0.2, -0.15) is 4.31 Å². The van der Waals surface area contributed by atoms with Crippen molar-refractivity contribution in [2.24, 2.45) is 0 Å². The summed E-state index contributed by atoms with van der Waals surface area (Å²) >= 11 is 0. The Morgan fingerprint density at radius 3 is 2.52 bits per heavy atom. The number of carboxylic acids is 1. The molecule has 1 rings (SSSR count). The maximum atomic E-state index is 12.6. The van der Waals surface area contributed by atoms with E-state index < -0.39 is 26.6 Å². The SMILES string of the molecule is CCN(CCC(=O)O)S(=O)(=O)c1c(C)cccc1[N+](=O)[O-]. The van der Waals surface area contributed by atoms with Gasteiger partial charge in [-0.1, -0.05) is 19.1 Å². The first-order valence-corrected chi connectivity index (χ1v) is 7.61. The van der Waals surface area contributed by atoms with Gasteiger partial charge in [0.05, 0.1) is 11.3 Å². The molecule has 0 atom stereocenters. The van der Waals surface area contributed by atoms with Gasteiger partial charge >= 0.3 is 5.97 Å². The lowest BCUT2D eigenvalue weighted by molar-refractivity contribution is -0.387. The fourth-order valence-electron chi connectivity index (χ4n) is 1.91. The molecule has 0 aromatic heterocycles. The van der Waals surface area contributed by atoms with E-state index in [0.29, 0.717) is 0 Å². The van der Waals surface area contributed by atoms with Gasteiger partial charge in [0.25, 0.3) is 5.69 Å². The van der Waals surface area contributed by atoms with Gasteiger partial charge in [-0.05, 0) is 12.5 Å². The number of aryl methyl sites for hydroxylation is 1. The maximum Gasteiger partial charge on any atom is 0.304 e. The molecule has 0 aliphatic heterocycles. The van der Waals surface area contributed by atoms with E-state index in [9.17, 15) is 23.3 Å². The van der Waals surface area contributed by atoms with Gasteiger partial charge in [-0.25, -0.2) is 8.42 Å². The summed E-state index contributed by atoms with van der Waals surface area (Å²) in [6, 6.07) is 3.98. The number of sulfonamides is 1. The monoisotopic (exact) mass is 316 g/mol. The molecule has 0 spiro atoms. The Morgan fingerprint density at radius 1 is 1.43 bits per heavy atom. The molecule has 9 heteroatoms. The minimum atomic E-state index is -4.12. The van der Waals surface area contributed by atoms with Crippen LogP contribution in [0.25, 0.3) is 0 Å². The molecule has 0 fully saturated rings. The lowest BCUT2D eigenvalue weighted by atomic mass is 10.2. The summed E-state index contributed by atoms with van der Waals surface area (Å²) in [5.74, 6) is -1.14. The number of hydrogen-bond acceptors (Lipinski definition) is 5. The highest BCUT2D eigenvalue weighted by molar-refractivity contribution is 7.89. The molecular weight excluding hydrogens is 300 g/mol. The number of hydrogen-bond donors (Lipinski definition) is 1. The van der Waals surface area contributed by atoms with Crippen LogP contribution in [0.1, 0.15) is 18.9 Å². The van der Waals surface area contributed by atoms with Crippen molar-refractivity contribution in [2.45, 2.75) is 25.2 Å². The van der Waals surface area contributed by atoms with Crippen LogP contribution < -0.4 is 0 Å². The molecule has 0 saturated heterocycles. The van der Waals surface area contributed by atoms with E-state index in [1.54, 1.807) is 6.92 Å². The van der Waals surface area contributed by atoms with Crippen molar-refractivity contribution < 1.29 is 23.2 Å². The first kappa shape index (κ1) is 17.1. The fourth-order valence-corrected chi connectivity index (χ4v) is 3.73. The lowest BCUT2D eigenvalue weighted by Gasteiger charge is -2.20. The van der Waals surface area contributed by atoms with E-state index in [0.717, 1.165) is 10.4 Å². The Kier molecular flexibility index (Phi) is 5.39. The number of rotatable bonds is 7. The summed E-state index contributed by atoms with van der Waals surface area (Å²) < 4.78 is 26.0. The second-order valence-corrected chi connectivity index (χ2v) is 6.20. The summed E-state index contributed by atoms with van der Waals surface area (Å²) in [4.78, 5) is 20.5. The third-order valence-electron chi connectivity index (χ3n) is 2.91. The quantitative estimate of drug-likeness (QED) is 0.600. The van der Waals surface area contributed by atoms with E-state index in [2.05, 4.69) is 0 Å². The molecule has 1 aromatic rings. The van der Waals surface area contributed by atoms with Crippen molar-refractivity contribution in [3.8, 4) is 0 Å². The molecule has 0 saturated carbocycles. The summed E-state index contributed by atoms with van der Waals surface area (Å²) in [6.45, 7) is 2.80. The highest BCUT2D eigenvalue weighted by Crippen LogP contribution is 2.29. The second kappa shape index (κ2) is 6.64. The standard InChI is InChI=1S/C12H16N2O6S/c1-3-13(8-7-11(15)16)21(19,20)12-9(2)5-4-6-10(12)14(17)18/h4-6H,3,7-8H2,1-2H3,(H,15,16). The van der Waals surface area contributed by atoms with Crippen LogP contribution in [-0.2, 0) is 14.8 Å². The number of carbonyl (C=O) groups is 1. The van der Waals surface area contributed by atoms with Gasteiger partial charge in [-0.15, -0.1) is 0 Å². The number of carboxylic acid groups (broad SMARTS) is 1. The molecule has 0 bridgehead atoms. The molecule has 1 aromatic carbocycles. The van der Waals surface area contributed by atoms with E-state index in [1.165, 1.54) is 19.1 Å². The smallest absolute Gasteiger partial charge is 0.304 e. The number of nitro groups is 1. The highest BCUT2D eigenvalue weighted by atomic mass is 32.2.